The molecule has 0 atom stereocenters. The topological polar surface area (TPSA) is 66.7 Å². The molecule has 0 unspecified atom stereocenters. The van der Waals surface area contributed by atoms with Crippen LogP contribution in [0.25, 0.3) is 55.7 Å². The van der Waals surface area contributed by atoms with E-state index in [1.54, 1.807) is 12.1 Å². The van der Waals surface area contributed by atoms with E-state index >= 15 is 0 Å². The van der Waals surface area contributed by atoms with E-state index in [0.717, 1.165) is 44.5 Å². The van der Waals surface area contributed by atoms with E-state index in [0.29, 0.717) is 22.3 Å². The monoisotopic (exact) mass is 446 g/mol. The standard InChI is InChI=1S/C30H22O4/c1-17-21-13-15-23(31)25(29(21)33-27(17)19-9-5-3-6-10-19)26-24(32)16-14-22-18(2)28(34-30(22)26)20-11-7-4-8-12-20/h3-16,31-32H,1-2H3. The van der Waals surface area contributed by atoms with Crippen molar-refractivity contribution in [1.29, 1.82) is 0 Å². The summed E-state index contributed by atoms with van der Waals surface area (Å²) in [7, 11) is 0. The Balaban J connectivity index is 1.68. The zero-order valence-corrected chi connectivity index (χ0v) is 18.8. The highest BCUT2D eigenvalue weighted by Crippen LogP contribution is 2.49. The molecule has 4 aromatic carbocycles. The SMILES string of the molecule is Cc1c(-c2ccccc2)oc2c(-c3c(O)ccc4c(C)c(-c5ccccc5)oc34)c(O)ccc12. The van der Waals surface area contributed by atoms with Gasteiger partial charge in [0.25, 0.3) is 0 Å². The van der Waals surface area contributed by atoms with E-state index in [1.807, 2.05) is 86.6 Å². The minimum absolute atomic E-state index is 0.0129. The van der Waals surface area contributed by atoms with Gasteiger partial charge in [-0.15, -0.1) is 0 Å². The predicted molar refractivity (Wildman–Crippen MR) is 135 cm³/mol. The number of hydrogen-bond donors (Lipinski definition) is 2. The Morgan fingerprint density at radius 2 is 0.882 bits per heavy atom. The van der Waals surface area contributed by atoms with Gasteiger partial charge in [0, 0.05) is 33.0 Å². The van der Waals surface area contributed by atoms with Crippen LogP contribution in [0.2, 0.25) is 0 Å². The molecule has 2 heterocycles. The number of hydrogen-bond acceptors (Lipinski definition) is 4. The zero-order chi connectivity index (χ0) is 23.4. The van der Waals surface area contributed by atoms with Gasteiger partial charge in [-0.2, -0.15) is 0 Å². The molecule has 0 aliphatic heterocycles. The van der Waals surface area contributed by atoms with E-state index < -0.39 is 0 Å². The van der Waals surface area contributed by atoms with Gasteiger partial charge in [0.1, 0.15) is 34.2 Å². The summed E-state index contributed by atoms with van der Waals surface area (Å²) in [4.78, 5) is 0. The van der Waals surface area contributed by atoms with E-state index in [1.165, 1.54) is 0 Å². The molecule has 34 heavy (non-hydrogen) atoms. The molecular weight excluding hydrogens is 424 g/mol. The van der Waals surface area contributed by atoms with Crippen LogP contribution in [0, 0.1) is 13.8 Å². The lowest BCUT2D eigenvalue weighted by Crippen LogP contribution is -1.84. The Hall–Kier alpha value is -4.44. The van der Waals surface area contributed by atoms with Crippen LogP contribution in [0.4, 0.5) is 0 Å². The highest BCUT2D eigenvalue weighted by atomic mass is 16.3. The number of aryl methyl sites for hydroxylation is 2. The molecule has 0 aliphatic rings. The molecule has 0 saturated heterocycles. The fourth-order valence-corrected chi connectivity index (χ4v) is 4.76. The molecule has 4 heteroatoms. The Kier molecular flexibility index (Phi) is 4.49. The number of phenolic OH excluding ortho intramolecular Hbond substituents is 2. The highest BCUT2D eigenvalue weighted by molar-refractivity contribution is 6.09. The Labute approximate surface area is 196 Å². The summed E-state index contributed by atoms with van der Waals surface area (Å²) < 4.78 is 12.7. The van der Waals surface area contributed by atoms with Gasteiger partial charge in [-0.05, 0) is 38.1 Å². The number of phenols is 2. The van der Waals surface area contributed by atoms with Crippen molar-refractivity contribution >= 4 is 21.9 Å². The highest BCUT2D eigenvalue weighted by Gasteiger charge is 2.25. The minimum Gasteiger partial charge on any atom is -0.507 e. The molecule has 0 fully saturated rings. The van der Waals surface area contributed by atoms with Crippen molar-refractivity contribution < 1.29 is 19.0 Å². The van der Waals surface area contributed by atoms with Gasteiger partial charge in [-0.25, -0.2) is 0 Å². The molecule has 6 aromatic rings. The van der Waals surface area contributed by atoms with Crippen LogP contribution in [0.15, 0.2) is 93.8 Å². The second-order valence-electron chi connectivity index (χ2n) is 8.52. The zero-order valence-electron chi connectivity index (χ0n) is 18.8. The quantitative estimate of drug-likeness (QED) is 0.287. The summed E-state index contributed by atoms with van der Waals surface area (Å²) >= 11 is 0. The first-order valence-corrected chi connectivity index (χ1v) is 11.2. The molecule has 0 saturated carbocycles. The first-order valence-electron chi connectivity index (χ1n) is 11.2. The molecule has 0 amide bonds. The third-order valence-electron chi connectivity index (χ3n) is 6.49. The predicted octanol–water partition coefficient (Wildman–Crippen LogP) is 8.21. The van der Waals surface area contributed by atoms with Crippen molar-refractivity contribution in [3.05, 3.63) is 96.1 Å². The normalized spacial score (nSPS) is 11.5. The average Bonchev–Trinajstić information content (AvgIpc) is 3.38. The first kappa shape index (κ1) is 20.2. The van der Waals surface area contributed by atoms with Crippen LogP contribution < -0.4 is 0 Å². The van der Waals surface area contributed by atoms with Crippen LogP contribution in [0.5, 0.6) is 11.5 Å². The van der Waals surface area contributed by atoms with E-state index in [-0.39, 0.29) is 11.5 Å². The smallest absolute Gasteiger partial charge is 0.146 e. The molecule has 2 aromatic heterocycles. The molecule has 0 bridgehead atoms. The van der Waals surface area contributed by atoms with Gasteiger partial charge < -0.3 is 19.0 Å². The average molecular weight is 447 g/mol. The fourth-order valence-electron chi connectivity index (χ4n) is 4.76. The van der Waals surface area contributed by atoms with Gasteiger partial charge >= 0.3 is 0 Å². The molecule has 0 radical (unpaired) electrons. The second-order valence-corrected chi connectivity index (χ2v) is 8.52. The van der Waals surface area contributed by atoms with Gasteiger partial charge in [0.2, 0.25) is 0 Å². The first-order chi connectivity index (χ1) is 16.5. The number of furan rings is 2. The van der Waals surface area contributed by atoms with Crippen LogP contribution in [-0.4, -0.2) is 10.2 Å². The molecule has 6 rings (SSSR count). The lowest BCUT2D eigenvalue weighted by molar-refractivity contribution is 0.468. The Morgan fingerprint density at radius 1 is 0.500 bits per heavy atom. The van der Waals surface area contributed by atoms with Crippen molar-refractivity contribution in [3.8, 4) is 45.3 Å². The number of rotatable bonds is 3. The van der Waals surface area contributed by atoms with Gasteiger partial charge in [0.15, 0.2) is 0 Å². The van der Waals surface area contributed by atoms with Gasteiger partial charge in [0.05, 0.1) is 11.1 Å². The number of fused-ring (bicyclic) bond motifs is 2. The maximum Gasteiger partial charge on any atom is 0.146 e. The molecule has 2 N–H and O–H groups in total. The summed E-state index contributed by atoms with van der Waals surface area (Å²) in [5.41, 5.74) is 5.68. The van der Waals surface area contributed by atoms with E-state index in [2.05, 4.69) is 0 Å². The lowest BCUT2D eigenvalue weighted by atomic mass is 9.97. The summed E-state index contributed by atoms with van der Waals surface area (Å²) in [6.45, 7) is 4.00. The van der Waals surface area contributed by atoms with Gasteiger partial charge in [-0.3, -0.25) is 0 Å². The molecule has 166 valence electrons. The van der Waals surface area contributed by atoms with Crippen LogP contribution in [-0.2, 0) is 0 Å². The minimum atomic E-state index is 0.0129. The van der Waals surface area contributed by atoms with Crippen LogP contribution >= 0.6 is 0 Å². The summed E-state index contributed by atoms with van der Waals surface area (Å²) in [5.74, 6) is 1.49. The Morgan fingerprint density at radius 3 is 1.26 bits per heavy atom. The van der Waals surface area contributed by atoms with Crippen LogP contribution in [0.1, 0.15) is 11.1 Å². The summed E-state index contributed by atoms with van der Waals surface area (Å²) in [5, 5.41) is 23.7. The fraction of sp³-hybridized carbons (Fsp3) is 0.0667. The van der Waals surface area contributed by atoms with Crippen molar-refractivity contribution in [2.45, 2.75) is 13.8 Å². The largest absolute Gasteiger partial charge is 0.507 e. The Bertz CT molecular complexity index is 1540. The van der Waals surface area contributed by atoms with Crippen molar-refractivity contribution in [2.24, 2.45) is 0 Å². The third kappa shape index (κ3) is 2.92. The third-order valence-corrected chi connectivity index (χ3v) is 6.49. The number of benzene rings is 4. The van der Waals surface area contributed by atoms with Gasteiger partial charge in [-0.1, -0.05) is 60.7 Å². The molecule has 0 spiro atoms. The van der Waals surface area contributed by atoms with Crippen molar-refractivity contribution in [3.63, 3.8) is 0 Å². The maximum atomic E-state index is 11.0. The molecule has 4 nitrogen and oxygen atoms in total. The molecule has 0 aliphatic carbocycles. The molecular formula is C30H22O4. The lowest BCUT2D eigenvalue weighted by Gasteiger charge is -2.09. The van der Waals surface area contributed by atoms with E-state index in [4.69, 9.17) is 8.83 Å². The van der Waals surface area contributed by atoms with Crippen molar-refractivity contribution in [1.82, 2.24) is 0 Å². The second kappa shape index (κ2) is 7.56. The van der Waals surface area contributed by atoms with Crippen LogP contribution in [0.3, 0.4) is 0 Å². The summed E-state index contributed by atoms with van der Waals surface area (Å²) in [6.07, 6.45) is 0. The maximum absolute atomic E-state index is 11.0. The number of aromatic hydroxyl groups is 2. The summed E-state index contributed by atoms with van der Waals surface area (Å²) in [6, 6.07) is 26.7. The van der Waals surface area contributed by atoms with E-state index in [9.17, 15) is 10.2 Å². The van der Waals surface area contributed by atoms with Crippen molar-refractivity contribution in [2.75, 3.05) is 0 Å².